The number of guanidine groups is 1. The van der Waals surface area contributed by atoms with Gasteiger partial charge in [-0.25, -0.2) is 0 Å². The third-order valence-corrected chi connectivity index (χ3v) is 4.79. The molecule has 1 aliphatic heterocycles. The average Bonchev–Trinajstić information content (AvgIpc) is 2.95. The minimum atomic E-state index is -0.403. The van der Waals surface area contributed by atoms with Gasteiger partial charge in [0.15, 0.2) is 5.69 Å². The molecule has 3 aromatic rings. The van der Waals surface area contributed by atoms with Gasteiger partial charge in [0, 0.05) is 18.5 Å². The molecule has 0 atom stereocenters. The topological polar surface area (TPSA) is 114 Å². The van der Waals surface area contributed by atoms with Gasteiger partial charge in [-0.1, -0.05) is 30.3 Å². The van der Waals surface area contributed by atoms with Gasteiger partial charge in [-0.2, -0.15) is 0 Å². The first-order valence-corrected chi connectivity index (χ1v) is 8.43. The van der Waals surface area contributed by atoms with E-state index in [0.717, 1.165) is 47.1 Å². The molecule has 0 radical (unpaired) electrons. The lowest BCUT2D eigenvalue weighted by Crippen LogP contribution is -2.27. The molecular weight excluding hydrogens is 328 g/mol. The monoisotopic (exact) mass is 348 g/mol. The molecule has 5 N–H and O–H groups in total. The summed E-state index contributed by atoms with van der Waals surface area (Å²) in [6.45, 7) is 1.78. The van der Waals surface area contributed by atoms with Crippen molar-refractivity contribution in [2.45, 2.75) is 13.0 Å². The van der Waals surface area contributed by atoms with Crippen molar-refractivity contribution in [1.29, 1.82) is 5.41 Å². The Bertz CT molecular complexity index is 1020. The van der Waals surface area contributed by atoms with Crippen molar-refractivity contribution in [2.75, 3.05) is 13.6 Å². The molecule has 7 heteroatoms. The number of nitrogens with two attached hydrogens (primary N) is 1. The summed E-state index contributed by atoms with van der Waals surface area (Å²) in [5.74, 6) is -0.467. The Kier molecular flexibility index (Phi) is 3.93. The lowest BCUT2D eigenvalue weighted by atomic mass is 9.89. The molecule has 0 spiro atoms. The van der Waals surface area contributed by atoms with Crippen molar-refractivity contribution in [3.8, 4) is 17.0 Å². The SMILES string of the molecule is CN1CCc2c(-c3ccccc3)cc3c(N=NC(=N)N)c(O)[nH]c3c2C1. The highest BCUT2D eigenvalue weighted by Crippen LogP contribution is 2.43. The van der Waals surface area contributed by atoms with Gasteiger partial charge in [0.05, 0.1) is 5.52 Å². The number of aromatic hydroxyl groups is 1. The molecule has 0 amide bonds. The predicted molar refractivity (Wildman–Crippen MR) is 102 cm³/mol. The zero-order valence-electron chi connectivity index (χ0n) is 14.5. The Hall–Kier alpha value is -3.19. The molecule has 0 unspecified atom stereocenters. The van der Waals surface area contributed by atoms with Gasteiger partial charge in [-0.3, -0.25) is 5.41 Å². The number of likely N-dealkylation sites (N-methyl/N-ethyl adjacent to an activating group) is 1. The number of aromatic amines is 1. The third kappa shape index (κ3) is 2.72. The summed E-state index contributed by atoms with van der Waals surface area (Å²) in [6, 6.07) is 12.3. The van der Waals surface area contributed by atoms with Gasteiger partial charge >= 0.3 is 0 Å². The molecule has 1 aromatic heterocycles. The fourth-order valence-electron chi connectivity index (χ4n) is 3.61. The second kappa shape index (κ2) is 6.27. The lowest BCUT2D eigenvalue weighted by Gasteiger charge is -2.27. The normalized spacial score (nSPS) is 14.8. The summed E-state index contributed by atoms with van der Waals surface area (Å²) < 4.78 is 0. The first-order chi connectivity index (χ1) is 12.5. The Labute approximate surface area is 150 Å². The van der Waals surface area contributed by atoms with E-state index in [1.807, 2.05) is 24.3 Å². The quantitative estimate of drug-likeness (QED) is 0.323. The summed E-state index contributed by atoms with van der Waals surface area (Å²) >= 11 is 0. The maximum Gasteiger partial charge on any atom is 0.232 e. The van der Waals surface area contributed by atoms with Crippen LogP contribution in [0, 0.1) is 5.41 Å². The highest BCUT2D eigenvalue weighted by atomic mass is 16.3. The maximum absolute atomic E-state index is 10.3. The molecule has 7 nitrogen and oxygen atoms in total. The third-order valence-electron chi connectivity index (χ3n) is 4.79. The smallest absolute Gasteiger partial charge is 0.232 e. The molecule has 0 saturated carbocycles. The van der Waals surface area contributed by atoms with Gasteiger partial charge in [0.25, 0.3) is 0 Å². The van der Waals surface area contributed by atoms with Crippen molar-refractivity contribution in [1.82, 2.24) is 9.88 Å². The summed E-state index contributed by atoms with van der Waals surface area (Å²) in [5.41, 5.74) is 11.2. The average molecular weight is 348 g/mol. The van der Waals surface area contributed by atoms with Crippen LogP contribution in [0.3, 0.4) is 0 Å². The second-order valence-electron chi connectivity index (χ2n) is 6.57. The number of hydrogen-bond acceptors (Lipinski definition) is 4. The Morgan fingerprint density at radius 1 is 1.27 bits per heavy atom. The molecule has 2 heterocycles. The second-order valence-corrected chi connectivity index (χ2v) is 6.57. The van der Waals surface area contributed by atoms with E-state index < -0.39 is 5.96 Å². The van der Waals surface area contributed by atoms with Crippen LogP contribution >= 0.6 is 0 Å². The van der Waals surface area contributed by atoms with Crippen LogP contribution in [0.25, 0.3) is 22.0 Å². The van der Waals surface area contributed by atoms with E-state index in [9.17, 15) is 5.11 Å². The lowest BCUT2D eigenvalue weighted by molar-refractivity contribution is 0.314. The van der Waals surface area contributed by atoms with Crippen LogP contribution in [0.5, 0.6) is 5.88 Å². The number of nitrogens with zero attached hydrogens (tertiary/aromatic N) is 3. The molecule has 2 aromatic carbocycles. The van der Waals surface area contributed by atoms with E-state index in [4.69, 9.17) is 11.1 Å². The van der Waals surface area contributed by atoms with Crippen molar-refractivity contribution in [3.05, 3.63) is 47.5 Å². The molecule has 0 aliphatic carbocycles. The van der Waals surface area contributed by atoms with Gasteiger partial charge < -0.3 is 20.7 Å². The zero-order chi connectivity index (χ0) is 18.3. The van der Waals surface area contributed by atoms with Crippen LogP contribution in [0.4, 0.5) is 5.69 Å². The maximum atomic E-state index is 10.3. The standard InChI is InChI=1S/C19H20N6O/c1-25-8-7-12-13(11-5-3-2-4-6-11)9-14-16(15(12)10-25)22-18(26)17(14)23-24-19(20)21/h2-6,9,22,26H,7-8,10H2,1H3,(H3,20,21). The van der Waals surface area contributed by atoms with E-state index in [1.165, 1.54) is 5.56 Å². The molecular formula is C19H20N6O. The number of nitrogens with one attached hydrogen (secondary N) is 2. The summed E-state index contributed by atoms with van der Waals surface area (Å²) in [4.78, 5) is 5.30. The van der Waals surface area contributed by atoms with E-state index in [1.54, 1.807) is 0 Å². The molecule has 0 fully saturated rings. The van der Waals surface area contributed by atoms with E-state index in [0.29, 0.717) is 5.69 Å². The fourth-order valence-corrected chi connectivity index (χ4v) is 3.61. The van der Waals surface area contributed by atoms with Crippen LogP contribution in [0.2, 0.25) is 0 Å². The molecule has 1 aliphatic rings. The number of rotatable bonds is 2. The minimum Gasteiger partial charge on any atom is -0.493 e. The van der Waals surface area contributed by atoms with Crippen molar-refractivity contribution in [3.63, 3.8) is 0 Å². The van der Waals surface area contributed by atoms with Crippen LogP contribution in [-0.2, 0) is 13.0 Å². The van der Waals surface area contributed by atoms with E-state index in [-0.39, 0.29) is 5.88 Å². The van der Waals surface area contributed by atoms with Crippen molar-refractivity contribution < 1.29 is 5.11 Å². The fraction of sp³-hybridized carbons (Fsp3) is 0.211. The molecule has 0 bridgehead atoms. The van der Waals surface area contributed by atoms with Gasteiger partial charge in [-0.15, -0.1) is 10.2 Å². The first kappa shape index (κ1) is 16.3. The Morgan fingerprint density at radius 2 is 2.04 bits per heavy atom. The highest BCUT2D eigenvalue weighted by Gasteiger charge is 2.24. The summed E-state index contributed by atoms with van der Waals surface area (Å²) in [6.07, 6.45) is 0.941. The van der Waals surface area contributed by atoms with Crippen LogP contribution < -0.4 is 5.73 Å². The van der Waals surface area contributed by atoms with E-state index >= 15 is 0 Å². The zero-order valence-corrected chi connectivity index (χ0v) is 14.5. The number of aromatic nitrogens is 1. The van der Waals surface area contributed by atoms with Crippen molar-refractivity contribution >= 4 is 22.5 Å². The van der Waals surface area contributed by atoms with Crippen LogP contribution in [-0.4, -0.2) is 34.5 Å². The highest BCUT2D eigenvalue weighted by molar-refractivity contribution is 6.00. The van der Waals surface area contributed by atoms with Crippen molar-refractivity contribution in [2.24, 2.45) is 16.0 Å². The number of H-pyrrole nitrogens is 1. The molecule has 132 valence electrons. The molecule has 0 saturated heterocycles. The van der Waals surface area contributed by atoms with E-state index in [2.05, 4.69) is 39.3 Å². The minimum absolute atomic E-state index is 0.0642. The number of azo groups is 1. The van der Waals surface area contributed by atoms with Gasteiger partial charge in [0.1, 0.15) is 0 Å². The Balaban J connectivity index is 2.02. The molecule has 4 rings (SSSR count). The molecule has 26 heavy (non-hydrogen) atoms. The number of hydrogen-bond donors (Lipinski definition) is 4. The van der Waals surface area contributed by atoms with Gasteiger partial charge in [-0.05, 0) is 41.8 Å². The van der Waals surface area contributed by atoms with Crippen LogP contribution in [0.1, 0.15) is 11.1 Å². The Morgan fingerprint density at radius 3 is 2.77 bits per heavy atom. The first-order valence-electron chi connectivity index (χ1n) is 8.43. The largest absolute Gasteiger partial charge is 0.493 e. The number of fused-ring (bicyclic) bond motifs is 3. The van der Waals surface area contributed by atoms with Crippen LogP contribution in [0.15, 0.2) is 46.6 Å². The number of benzene rings is 2. The predicted octanol–water partition coefficient (Wildman–Crippen LogP) is 3.51. The summed E-state index contributed by atoms with van der Waals surface area (Å²) in [5, 5.41) is 25.9. The summed E-state index contributed by atoms with van der Waals surface area (Å²) in [7, 11) is 2.09. The van der Waals surface area contributed by atoms with Gasteiger partial charge in [0.2, 0.25) is 11.8 Å².